The highest BCUT2D eigenvalue weighted by Gasteiger charge is 2.18. The zero-order valence-corrected chi connectivity index (χ0v) is 43.6. The van der Waals surface area contributed by atoms with Gasteiger partial charge >= 0.3 is 17.9 Å². The van der Waals surface area contributed by atoms with Crippen molar-refractivity contribution in [3.05, 3.63) is 223 Å². The van der Waals surface area contributed by atoms with E-state index in [0.29, 0.717) is 85.6 Å². The molecule has 2 atom stereocenters. The van der Waals surface area contributed by atoms with E-state index in [9.17, 15) is 14.4 Å². The van der Waals surface area contributed by atoms with E-state index >= 15 is 0 Å². The fourth-order valence-electron chi connectivity index (χ4n) is 6.94. The third-order valence-corrected chi connectivity index (χ3v) is 10.9. The Morgan fingerprint density at radius 1 is 0.618 bits per heavy atom. The minimum atomic E-state index is -0.390. The number of ether oxygens (including phenoxy) is 10. The lowest BCUT2D eigenvalue weighted by Crippen LogP contribution is -2.28. The Labute approximate surface area is 444 Å². The number of benzene rings is 3. The topological polar surface area (TPSA) is 154 Å². The Hall–Kier alpha value is -8.92. The van der Waals surface area contributed by atoms with E-state index in [0.717, 1.165) is 17.5 Å². The van der Waals surface area contributed by atoms with Crippen LogP contribution in [0.1, 0.15) is 53.7 Å². The molecule has 1 aromatic heterocycles. The van der Waals surface area contributed by atoms with Gasteiger partial charge in [0.25, 0.3) is 0 Å². The highest BCUT2D eigenvalue weighted by molar-refractivity contribution is 5.91. The second-order valence-corrected chi connectivity index (χ2v) is 17.4. The predicted molar refractivity (Wildman–Crippen MR) is 286 cm³/mol. The van der Waals surface area contributed by atoms with Crippen molar-refractivity contribution in [2.45, 2.75) is 45.3 Å². The standard InChI is InChI=1S/C24H29NO5.C18H19NO4.C18H18NO4/c1-25-13-5-11-23(21-25)24(26)30-19-8-18-28-15-6-14-27-16-7-17-29-20-12-22-9-3-2-4-10-22;2*1-13-11-22-17(12-21-13)14-5-7-16(8-6-14)23-18(20)15-4-3-9-19(2)10-15/h2-10,13-14,17-18,21H,11-12,15-16,19-20H2,1H3;3,5-10,12-13H,4,11H2,1-2H3;3-10,12-13H,11H2,1-2H3/q;;+1/b14-6+,17-7+,18-8+;;. The SMILES string of the molecule is CC1COC(c2ccc(OC(=O)C3=CN(C)C=CC3)cc2)=CO1.CC1COC(c2ccc(OC(=O)c3ccc[n+](C)c3)cc2)=CO1.CN1C=CCC(C(=O)OC/C=C/OC/C=C/OC/C=C/OCCc2ccccc2)=C1. The van der Waals surface area contributed by atoms with Gasteiger partial charge in [0, 0.05) is 63.0 Å². The molecule has 16 heteroatoms. The summed E-state index contributed by atoms with van der Waals surface area (Å²) >= 11 is 0. The van der Waals surface area contributed by atoms with Crippen LogP contribution in [0.5, 0.6) is 11.5 Å². The van der Waals surface area contributed by atoms with E-state index in [1.807, 2.05) is 118 Å². The summed E-state index contributed by atoms with van der Waals surface area (Å²) in [6.45, 7) is 6.53. The molecule has 0 amide bonds. The summed E-state index contributed by atoms with van der Waals surface area (Å²) in [7, 11) is 5.59. The van der Waals surface area contributed by atoms with Crippen molar-refractivity contribution >= 4 is 29.4 Å². The molecule has 0 radical (unpaired) electrons. The van der Waals surface area contributed by atoms with Crippen LogP contribution in [0.4, 0.5) is 0 Å². The lowest BCUT2D eigenvalue weighted by atomic mass is 10.1. The summed E-state index contributed by atoms with van der Waals surface area (Å²) in [4.78, 5) is 39.7. The second kappa shape index (κ2) is 31.0. The van der Waals surface area contributed by atoms with E-state index in [1.165, 1.54) is 11.8 Å². The number of aromatic nitrogens is 1. The van der Waals surface area contributed by atoms with Crippen molar-refractivity contribution < 1.29 is 66.3 Å². The Bertz CT molecular complexity index is 2780. The maximum atomic E-state index is 12.1. The number of nitrogens with zero attached hydrogens (tertiary/aromatic N) is 3. The summed E-state index contributed by atoms with van der Waals surface area (Å²) in [5, 5.41) is 0. The van der Waals surface area contributed by atoms with Crippen LogP contribution in [0.2, 0.25) is 0 Å². The van der Waals surface area contributed by atoms with Crippen LogP contribution in [-0.2, 0) is 61.0 Å². The van der Waals surface area contributed by atoms with E-state index in [-0.39, 0.29) is 36.7 Å². The highest BCUT2D eigenvalue weighted by atomic mass is 16.6. The normalized spacial score (nSPS) is 16.6. The highest BCUT2D eigenvalue weighted by Crippen LogP contribution is 2.26. The molecule has 0 saturated carbocycles. The van der Waals surface area contributed by atoms with Crippen molar-refractivity contribution in [3.63, 3.8) is 0 Å². The number of carbonyl (C=O) groups excluding carboxylic acids is 3. The molecule has 4 aliphatic heterocycles. The number of hydrogen-bond donors (Lipinski definition) is 0. The summed E-state index contributed by atoms with van der Waals surface area (Å²) in [5.74, 6) is 1.30. The van der Waals surface area contributed by atoms with Gasteiger partial charge in [-0.3, -0.25) is 0 Å². The fraction of sp³-hybridized carbons (Fsp3) is 0.267. The molecule has 4 aromatic rings. The molecule has 0 spiro atoms. The maximum absolute atomic E-state index is 12.1. The van der Waals surface area contributed by atoms with Gasteiger partial charge in [0.05, 0.1) is 36.5 Å². The monoisotopic (exact) mass is 1040 g/mol. The first-order chi connectivity index (χ1) is 37.0. The average Bonchev–Trinajstić information content (AvgIpc) is 3.44. The van der Waals surface area contributed by atoms with E-state index < -0.39 is 0 Å². The van der Waals surface area contributed by atoms with Gasteiger partial charge in [-0.15, -0.1) is 0 Å². The van der Waals surface area contributed by atoms with E-state index in [2.05, 4.69) is 12.1 Å². The van der Waals surface area contributed by atoms with Crippen molar-refractivity contribution in [1.82, 2.24) is 9.80 Å². The second-order valence-electron chi connectivity index (χ2n) is 17.4. The Morgan fingerprint density at radius 2 is 1.13 bits per heavy atom. The zero-order valence-electron chi connectivity index (χ0n) is 43.6. The first-order valence-corrected chi connectivity index (χ1v) is 24.8. The fourth-order valence-corrected chi connectivity index (χ4v) is 6.94. The van der Waals surface area contributed by atoms with Gasteiger partial charge in [-0.05, 0) is 105 Å². The summed E-state index contributed by atoms with van der Waals surface area (Å²) in [6.07, 6.45) is 30.1. The zero-order chi connectivity index (χ0) is 53.7. The molecule has 398 valence electrons. The Morgan fingerprint density at radius 3 is 1.64 bits per heavy atom. The van der Waals surface area contributed by atoms with Crippen LogP contribution in [-0.4, -0.2) is 93.7 Å². The lowest BCUT2D eigenvalue weighted by molar-refractivity contribution is -0.671. The number of esters is 3. The van der Waals surface area contributed by atoms with Gasteiger partial charge in [-0.25, -0.2) is 19.0 Å². The number of pyridine rings is 1. The van der Waals surface area contributed by atoms with E-state index in [1.54, 1.807) is 103 Å². The molecular weight excluding hydrogens is 971 g/mol. The number of aryl methyl sites for hydroxylation is 1. The minimum absolute atomic E-state index is 0.0613. The molecule has 0 fully saturated rings. The quantitative estimate of drug-likeness (QED) is 0.0288. The maximum Gasteiger partial charge on any atom is 0.349 e. The summed E-state index contributed by atoms with van der Waals surface area (Å²) in [5.41, 5.74) is 4.77. The van der Waals surface area contributed by atoms with Crippen molar-refractivity contribution in [2.24, 2.45) is 7.05 Å². The number of allylic oxidation sites excluding steroid dienone is 2. The van der Waals surface area contributed by atoms with Crippen molar-refractivity contribution in [3.8, 4) is 11.5 Å². The number of rotatable bonds is 19. The van der Waals surface area contributed by atoms with Crippen molar-refractivity contribution in [2.75, 3.05) is 53.7 Å². The van der Waals surface area contributed by atoms with Gasteiger partial charge in [0.15, 0.2) is 23.9 Å². The summed E-state index contributed by atoms with van der Waals surface area (Å²) < 4.78 is 55.8. The Balaban J connectivity index is 0.000000187. The predicted octanol–water partition coefficient (Wildman–Crippen LogP) is 9.62. The summed E-state index contributed by atoms with van der Waals surface area (Å²) in [6, 6.07) is 28.0. The molecular formula is C60H66N3O13+. The van der Waals surface area contributed by atoms with Gasteiger partial charge in [0.1, 0.15) is 81.9 Å². The van der Waals surface area contributed by atoms with Crippen LogP contribution in [0, 0.1) is 0 Å². The molecule has 5 heterocycles. The van der Waals surface area contributed by atoms with Gasteiger partial charge in [-0.2, -0.15) is 0 Å². The molecule has 0 bridgehead atoms. The molecule has 76 heavy (non-hydrogen) atoms. The molecule has 4 aliphatic rings. The first kappa shape index (κ1) is 56.4. The average molecular weight is 1040 g/mol. The van der Waals surface area contributed by atoms with Crippen molar-refractivity contribution in [1.29, 1.82) is 0 Å². The number of carbonyl (C=O) groups is 3. The van der Waals surface area contributed by atoms with Gasteiger partial charge in [0.2, 0.25) is 0 Å². The molecule has 8 rings (SSSR count). The van der Waals surface area contributed by atoms with Crippen LogP contribution in [0.3, 0.4) is 0 Å². The molecule has 2 unspecified atom stereocenters. The lowest BCUT2D eigenvalue weighted by Gasteiger charge is -2.21. The molecule has 0 saturated heterocycles. The van der Waals surface area contributed by atoms with Crippen LogP contribution in [0.15, 0.2) is 201 Å². The largest absolute Gasteiger partial charge is 0.501 e. The third kappa shape index (κ3) is 20.2. The van der Waals surface area contributed by atoms with Crippen LogP contribution < -0.4 is 14.0 Å². The smallest absolute Gasteiger partial charge is 0.349 e. The molecule has 0 N–H and O–H groups in total. The first-order valence-electron chi connectivity index (χ1n) is 24.8. The third-order valence-electron chi connectivity index (χ3n) is 10.9. The molecule has 0 aliphatic carbocycles. The Kier molecular flexibility index (Phi) is 23.0. The molecule has 16 nitrogen and oxygen atoms in total. The number of hydrogen-bond acceptors (Lipinski definition) is 15. The molecule has 3 aromatic carbocycles. The van der Waals surface area contributed by atoms with Gasteiger partial charge in [-0.1, -0.05) is 42.5 Å². The minimum Gasteiger partial charge on any atom is -0.501 e. The van der Waals surface area contributed by atoms with E-state index in [4.69, 9.17) is 47.4 Å². The van der Waals surface area contributed by atoms with Gasteiger partial charge < -0.3 is 57.2 Å². The van der Waals surface area contributed by atoms with Crippen LogP contribution in [0.25, 0.3) is 11.5 Å². The van der Waals surface area contributed by atoms with Crippen LogP contribution >= 0.6 is 0 Å².